The van der Waals surface area contributed by atoms with Crippen molar-refractivity contribution in [2.75, 3.05) is 16.9 Å². The largest absolute Gasteiger partial charge is 0.573 e. The number of alkyl halides is 3. The lowest BCUT2D eigenvalue weighted by Gasteiger charge is -2.09. The summed E-state index contributed by atoms with van der Waals surface area (Å²) in [5, 5.41) is 8.10. The molecule has 0 unspecified atom stereocenters. The van der Waals surface area contributed by atoms with Gasteiger partial charge in [0.2, 0.25) is 5.91 Å². The van der Waals surface area contributed by atoms with Gasteiger partial charge in [-0.1, -0.05) is 11.3 Å². The van der Waals surface area contributed by atoms with Crippen LogP contribution in [0.4, 0.5) is 29.1 Å². The third kappa shape index (κ3) is 6.21. The van der Waals surface area contributed by atoms with E-state index >= 15 is 0 Å². The van der Waals surface area contributed by atoms with Gasteiger partial charge in [0.15, 0.2) is 20.1 Å². The van der Waals surface area contributed by atoms with Gasteiger partial charge in [0.05, 0.1) is 27.2 Å². The van der Waals surface area contributed by atoms with Gasteiger partial charge >= 0.3 is 6.36 Å². The number of benzene rings is 2. The average molecular weight is 529 g/mol. The summed E-state index contributed by atoms with van der Waals surface area (Å²) in [6.45, 7) is 0. The first-order valence-corrected chi connectivity index (χ1v) is 13.0. The number of nitrogens with zero attached hydrogens (tertiary/aromatic N) is 2. The Kier molecular flexibility index (Phi) is 6.47. The summed E-state index contributed by atoms with van der Waals surface area (Å²) in [5.74, 6) is -0.690. The number of amides is 1. The van der Waals surface area contributed by atoms with Gasteiger partial charge < -0.3 is 15.4 Å². The number of sulfone groups is 1. The number of thiazole rings is 2. The summed E-state index contributed by atoms with van der Waals surface area (Å²) in [5.41, 5.74) is 1.56. The first kappa shape index (κ1) is 23.9. The van der Waals surface area contributed by atoms with E-state index in [1.54, 1.807) is 11.4 Å². The molecule has 2 aromatic heterocycles. The highest BCUT2D eigenvalue weighted by Crippen LogP contribution is 2.29. The SMILES string of the molecule is CS(=O)(=O)c1ccc2nc(NC(=O)Cc3csc(Nc4ccc(OC(F)(F)F)cc4)n3)sc2c1. The van der Waals surface area contributed by atoms with E-state index in [0.717, 1.165) is 17.6 Å². The number of anilines is 3. The predicted molar refractivity (Wildman–Crippen MR) is 124 cm³/mol. The molecule has 0 aliphatic carbocycles. The second kappa shape index (κ2) is 9.19. The third-order valence-electron chi connectivity index (χ3n) is 4.27. The van der Waals surface area contributed by atoms with Gasteiger partial charge in [0, 0.05) is 17.3 Å². The van der Waals surface area contributed by atoms with Gasteiger partial charge in [0.25, 0.3) is 0 Å². The van der Waals surface area contributed by atoms with Crippen LogP contribution in [0.1, 0.15) is 5.69 Å². The minimum atomic E-state index is -4.76. The van der Waals surface area contributed by atoms with Crippen LogP contribution in [0.25, 0.3) is 10.2 Å². The van der Waals surface area contributed by atoms with Crippen molar-refractivity contribution in [2.45, 2.75) is 17.7 Å². The zero-order valence-electron chi connectivity index (χ0n) is 17.2. The Morgan fingerprint density at radius 3 is 2.50 bits per heavy atom. The molecule has 2 heterocycles. The van der Waals surface area contributed by atoms with E-state index in [2.05, 4.69) is 25.3 Å². The van der Waals surface area contributed by atoms with Crippen molar-refractivity contribution >= 4 is 64.6 Å². The molecule has 4 rings (SSSR count). The molecule has 0 saturated heterocycles. The van der Waals surface area contributed by atoms with Crippen LogP contribution in [-0.2, 0) is 21.1 Å². The third-order valence-corrected chi connectivity index (χ3v) is 7.12. The molecule has 0 radical (unpaired) electrons. The number of fused-ring (bicyclic) bond motifs is 1. The van der Waals surface area contributed by atoms with Crippen LogP contribution in [0.2, 0.25) is 0 Å². The summed E-state index contributed by atoms with van der Waals surface area (Å²) in [6.07, 6.45) is -3.67. The van der Waals surface area contributed by atoms with Crippen molar-refractivity contribution in [3.05, 3.63) is 53.5 Å². The van der Waals surface area contributed by atoms with Crippen molar-refractivity contribution in [3.63, 3.8) is 0 Å². The Bertz CT molecular complexity index is 1450. The molecule has 14 heteroatoms. The lowest BCUT2D eigenvalue weighted by atomic mass is 10.3. The molecule has 0 aliphatic rings. The van der Waals surface area contributed by atoms with E-state index in [4.69, 9.17) is 0 Å². The molecule has 0 saturated carbocycles. The van der Waals surface area contributed by atoms with Crippen molar-refractivity contribution in [2.24, 2.45) is 0 Å². The first-order valence-electron chi connectivity index (χ1n) is 9.42. The number of hydrogen-bond donors (Lipinski definition) is 2. The second-order valence-electron chi connectivity index (χ2n) is 6.99. The Hall–Kier alpha value is -3.23. The van der Waals surface area contributed by atoms with Crippen LogP contribution in [0, 0.1) is 0 Å². The van der Waals surface area contributed by atoms with Gasteiger partial charge in [-0.05, 0) is 42.5 Å². The molecule has 34 heavy (non-hydrogen) atoms. The Morgan fingerprint density at radius 2 is 1.82 bits per heavy atom. The second-order valence-corrected chi connectivity index (χ2v) is 10.9. The zero-order chi connectivity index (χ0) is 24.5. The molecule has 0 spiro atoms. The summed E-state index contributed by atoms with van der Waals surface area (Å²) in [7, 11) is -3.35. The first-order chi connectivity index (χ1) is 15.9. The summed E-state index contributed by atoms with van der Waals surface area (Å²) in [6, 6.07) is 9.73. The van der Waals surface area contributed by atoms with Crippen LogP contribution in [-0.4, -0.2) is 36.9 Å². The highest BCUT2D eigenvalue weighted by Gasteiger charge is 2.31. The molecule has 2 aromatic carbocycles. The van der Waals surface area contributed by atoms with Gasteiger partial charge in [-0.2, -0.15) is 0 Å². The number of halogens is 3. The lowest BCUT2D eigenvalue weighted by Crippen LogP contribution is -2.16. The molecule has 1 amide bonds. The molecule has 0 fully saturated rings. The van der Waals surface area contributed by atoms with Gasteiger partial charge in [0.1, 0.15) is 5.75 Å². The molecule has 2 N–H and O–H groups in total. The van der Waals surface area contributed by atoms with Crippen LogP contribution in [0.15, 0.2) is 52.7 Å². The Morgan fingerprint density at radius 1 is 1.09 bits per heavy atom. The number of ether oxygens (including phenoxy) is 1. The molecule has 178 valence electrons. The van der Waals surface area contributed by atoms with E-state index in [1.165, 1.54) is 47.7 Å². The number of nitrogens with one attached hydrogen (secondary N) is 2. The van der Waals surface area contributed by atoms with Crippen molar-refractivity contribution in [1.29, 1.82) is 0 Å². The molecular formula is C20H15F3N4O4S3. The van der Waals surface area contributed by atoms with E-state index in [0.29, 0.717) is 31.9 Å². The van der Waals surface area contributed by atoms with Crippen molar-refractivity contribution in [3.8, 4) is 5.75 Å². The molecule has 4 aromatic rings. The summed E-state index contributed by atoms with van der Waals surface area (Å²) in [4.78, 5) is 21.2. The fourth-order valence-electron chi connectivity index (χ4n) is 2.83. The molecule has 0 aliphatic heterocycles. The number of carbonyl (C=O) groups is 1. The standard InChI is InChI=1S/C20H15F3N4O4S3/c1-34(29,30)14-6-7-15-16(9-14)33-19(26-15)27-17(28)8-12-10-32-18(25-12)24-11-2-4-13(5-3-11)31-20(21,22)23/h2-7,9-10H,8H2,1H3,(H,24,25)(H,26,27,28). The monoisotopic (exact) mass is 528 g/mol. The van der Waals surface area contributed by atoms with Gasteiger partial charge in [-0.25, -0.2) is 18.4 Å². The van der Waals surface area contributed by atoms with Crippen LogP contribution >= 0.6 is 22.7 Å². The van der Waals surface area contributed by atoms with E-state index < -0.39 is 16.2 Å². The number of rotatable bonds is 7. The maximum Gasteiger partial charge on any atom is 0.573 e. The number of carbonyl (C=O) groups excluding carboxylic acids is 1. The van der Waals surface area contributed by atoms with E-state index in [-0.39, 0.29) is 23.0 Å². The maximum absolute atomic E-state index is 12.4. The van der Waals surface area contributed by atoms with Gasteiger partial charge in [-0.3, -0.25) is 4.79 Å². The van der Waals surface area contributed by atoms with Crippen molar-refractivity contribution < 1.29 is 31.1 Å². The Labute approximate surface area is 199 Å². The number of hydrogen-bond acceptors (Lipinski definition) is 9. The molecule has 0 atom stereocenters. The number of aromatic nitrogens is 2. The van der Waals surface area contributed by atoms with Gasteiger partial charge in [-0.15, -0.1) is 24.5 Å². The predicted octanol–water partition coefficient (Wildman–Crippen LogP) is 4.98. The Balaban J connectivity index is 1.36. The fourth-order valence-corrected chi connectivity index (χ4v) is 5.20. The van der Waals surface area contributed by atoms with E-state index in [1.807, 2.05) is 0 Å². The molecule has 8 nitrogen and oxygen atoms in total. The van der Waals surface area contributed by atoms with Crippen LogP contribution in [0.3, 0.4) is 0 Å². The highest BCUT2D eigenvalue weighted by atomic mass is 32.2. The molecular weight excluding hydrogens is 513 g/mol. The average Bonchev–Trinajstić information content (AvgIpc) is 3.32. The van der Waals surface area contributed by atoms with Crippen molar-refractivity contribution in [1.82, 2.24) is 9.97 Å². The minimum absolute atomic E-state index is 0.0267. The molecule has 0 bridgehead atoms. The highest BCUT2D eigenvalue weighted by molar-refractivity contribution is 7.90. The maximum atomic E-state index is 12.4. The van der Waals surface area contributed by atoms with Crippen LogP contribution < -0.4 is 15.4 Å². The zero-order valence-corrected chi connectivity index (χ0v) is 19.7. The fraction of sp³-hybridized carbons (Fsp3) is 0.150. The van der Waals surface area contributed by atoms with E-state index in [9.17, 15) is 26.4 Å². The van der Waals surface area contributed by atoms with Crippen LogP contribution in [0.5, 0.6) is 5.75 Å². The normalized spacial score (nSPS) is 12.0. The topological polar surface area (TPSA) is 110 Å². The summed E-state index contributed by atoms with van der Waals surface area (Å²) < 4.78 is 64.6. The lowest BCUT2D eigenvalue weighted by molar-refractivity contribution is -0.274. The smallest absolute Gasteiger partial charge is 0.406 e. The quantitative estimate of drug-likeness (QED) is 0.348. The summed E-state index contributed by atoms with van der Waals surface area (Å²) >= 11 is 2.39. The minimum Gasteiger partial charge on any atom is -0.406 e.